The summed E-state index contributed by atoms with van der Waals surface area (Å²) in [5.74, 6) is -0.443. The molecule has 0 saturated carbocycles. The Morgan fingerprint density at radius 3 is 2.31 bits per heavy atom. The Labute approximate surface area is 95.4 Å². The van der Waals surface area contributed by atoms with Gasteiger partial charge in [0.25, 0.3) is 11.8 Å². The summed E-state index contributed by atoms with van der Waals surface area (Å²) in [7, 11) is 0. The summed E-state index contributed by atoms with van der Waals surface area (Å²) in [5.41, 5.74) is -1.03. The number of carbonyl (C=O) groups excluding carboxylic acids is 2. The molecular formula is C11H19NO4. The first-order valence-corrected chi connectivity index (χ1v) is 5.45. The van der Waals surface area contributed by atoms with Crippen LogP contribution in [0.25, 0.3) is 0 Å². The predicted octanol–water partition coefficient (Wildman–Crippen LogP) is 0.169. The van der Waals surface area contributed by atoms with Crippen LogP contribution in [0.3, 0.4) is 0 Å². The molecule has 0 spiro atoms. The normalized spacial score (nSPS) is 21.4. The second kappa shape index (κ2) is 4.93. The first kappa shape index (κ1) is 13.1. The molecule has 5 nitrogen and oxygen atoms in total. The van der Waals surface area contributed by atoms with Crippen molar-refractivity contribution in [3.05, 3.63) is 0 Å². The van der Waals surface area contributed by atoms with Crippen molar-refractivity contribution in [1.82, 2.24) is 4.90 Å². The third-order valence-corrected chi connectivity index (χ3v) is 2.40. The number of aliphatic hydroxyl groups is 1. The molecule has 0 radical (unpaired) electrons. The van der Waals surface area contributed by atoms with Crippen LogP contribution in [-0.2, 0) is 14.3 Å². The van der Waals surface area contributed by atoms with Crippen LogP contribution in [0.4, 0.5) is 0 Å². The van der Waals surface area contributed by atoms with E-state index in [1.807, 2.05) is 13.8 Å². The highest BCUT2D eigenvalue weighted by Gasteiger charge is 2.33. The van der Waals surface area contributed by atoms with E-state index in [2.05, 4.69) is 0 Å². The maximum Gasteiger partial charge on any atom is 0.255 e. The summed E-state index contributed by atoms with van der Waals surface area (Å²) in [6.45, 7) is 5.50. The number of hydrogen-bond acceptors (Lipinski definition) is 4. The Bertz CT molecular complexity index is 270. The zero-order valence-corrected chi connectivity index (χ0v) is 10.0. The van der Waals surface area contributed by atoms with E-state index in [1.54, 1.807) is 6.92 Å². The van der Waals surface area contributed by atoms with Gasteiger partial charge in [-0.3, -0.25) is 14.5 Å². The molecule has 1 saturated heterocycles. The van der Waals surface area contributed by atoms with Gasteiger partial charge >= 0.3 is 0 Å². The Morgan fingerprint density at radius 2 is 1.88 bits per heavy atom. The van der Waals surface area contributed by atoms with E-state index in [0.717, 1.165) is 4.90 Å². The quantitative estimate of drug-likeness (QED) is 0.698. The molecule has 0 aromatic rings. The Balaban J connectivity index is 2.63. The molecule has 1 heterocycles. The minimum atomic E-state index is -1.03. The van der Waals surface area contributed by atoms with Gasteiger partial charge in [0.05, 0.1) is 12.1 Å². The van der Waals surface area contributed by atoms with E-state index in [-0.39, 0.29) is 31.6 Å². The van der Waals surface area contributed by atoms with E-state index in [1.165, 1.54) is 0 Å². The molecule has 2 amide bonds. The van der Waals surface area contributed by atoms with Gasteiger partial charge in [-0.2, -0.15) is 0 Å². The third-order valence-electron chi connectivity index (χ3n) is 2.40. The van der Waals surface area contributed by atoms with Crippen molar-refractivity contribution in [2.75, 3.05) is 19.8 Å². The van der Waals surface area contributed by atoms with E-state index in [4.69, 9.17) is 4.74 Å². The van der Waals surface area contributed by atoms with Crippen LogP contribution in [0.2, 0.25) is 0 Å². The zero-order valence-electron chi connectivity index (χ0n) is 10.0. The number of ether oxygens (including phenoxy) is 1. The fraction of sp³-hybridized carbons (Fsp3) is 0.818. The summed E-state index contributed by atoms with van der Waals surface area (Å²) >= 11 is 0. The smallest absolute Gasteiger partial charge is 0.255 e. The highest BCUT2D eigenvalue weighted by Crippen LogP contribution is 2.18. The average Bonchev–Trinajstić information content (AvgIpc) is 2.09. The van der Waals surface area contributed by atoms with Crippen molar-refractivity contribution in [1.29, 1.82) is 0 Å². The van der Waals surface area contributed by atoms with Gasteiger partial charge in [-0.15, -0.1) is 0 Å². The Morgan fingerprint density at radius 1 is 1.38 bits per heavy atom. The van der Waals surface area contributed by atoms with Crippen molar-refractivity contribution < 1.29 is 19.4 Å². The molecule has 1 rings (SSSR count). The first-order valence-electron chi connectivity index (χ1n) is 5.45. The summed E-state index contributed by atoms with van der Waals surface area (Å²) in [5, 5.41) is 10.1. The Kier molecular flexibility index (Phi) is 4.04. The van der Waals surface area contributed by atoms with Gasteiger partial charge in [0, 0.05) is 0 Å². The van der Waals surface area contributed by atoms with Crippen LogP contribution < -0.4 is 0 Å². The van der Waals surface area contributed by atoms with Gasteiger partial charge in [0.15, 0.2) is 0 Å². The number of carbonyl (C=O) groups is 2. The lowest BCUT2D eigenvalue weighted by Crippen LogP contribution is -2.52. The number of β-amino-alcohol motifs (C(OH)–C–C–N with tert-alkyl or cyclic N) is 1. The maximum atomic E-state index is 11.4. The van der Waals surface area contributed by atoms with Crippen LogP contribution in [0.15, 0.2) is 0 Å². The highest BCUT2D eigenvalue weighted by atomic mass is 16.5. The van der Waals surface area contributed by atoms with E-state index >= 15 is 0 Å². The molecule has 16 heavy (non-hydrogen) atoms. The molecule has 0 aromatic carbocycles. The molecule has 5 heteroatoms. The molecular weight excluding hydrogens is 210 g/mol. The first-order chi connectivity index (χ1) is 7.32. The lowest BCUT2D eigenvalue weighted by Gasteiger charge is -2.33. The summed E-state index contributed by atoms with van der Waals surface area (Å²) in [6.07, 6.45) is 0.547. The van der Waals surface area contributed by atoms with E-state index < -0.39 is 5.60 Å². The van der Waals surface area contributed by atoms with Gasteiger partial charge in [0.2, 0.25) is 0 Å². The summed E-state index contributed by atoms with van der Waals surface area (Å²) in [6, 6.07) is 0. The molecule has 1 unspecified atom stereocenters. The number of hydrogen-bond donors (Lipinski definition) is 1. The molecule has 92 valence electrons. The largest absolute Gasteiger partial charge is 0.388 e. The molecule has 1 aliphatic heterocycles. The average molecular weight is 229 g/mol. The Hall–Kier alpha value is -0.940. The molecule has 1 atom stereocenters. The van der Waals surface area contributed by atoms with Gasteiger partial charge in [-0.1, -0.05) is 13.8 Å². The number of nitrogens with zero attached hydrogens (tertiary/aromatic N) is 1. The molecule has 1 fully saturated rings. The lowest BCUT2D eigenvalue weighted by atomic mass is 9.93. The monoisotopic (exact) mass is 229 g/mol. The van der Waals surface area contributed by atoms with Crippen molar-refractivity contribution in [2.24, 2.45) is 5.92 Å². The van der Waals surface area contributed by atoms with Crippen LogP contribution in [0.5, 0.6) is 0 Å². The molecule has 0 bridgehead atoms. The van der Waals surface area contributed by atoms with Crippen LogP contribution in [0.1, 0.15) is 27.2 Å². The molecule has 1 aliphatic rings. The van der Waals surface area contributed by atoms with Gasteiger partial charge in [0.1, 0.15) is 13.2 Å². The van der Waals surface area contributed by atoms with Crippen LogP contribution in [0, 0.1) is 5.92 Å². The molecule has 1 N–H and O–H groups in total. The lowest BCUT2D eigenvalue weighted by molar-refractivity contribution is -0.162. The standard InChI is InChI=1S/C11H19NO4/c1-8(2)4-11(3,15)7-12-9(13)5-16-6-10(12)14/h8,15H,4-7H2,1-3H3. The second-order valence-electron chi connectivity index (χ2n) is 4.96. The topological polar surface area (TPSA) is 66.8 Å². The second-order valence-corrected chi connectivity index (χ2v) is 4.96. The summed E-state index contributed by atoms with van der Waals surface area (Å²) < 4.78 is 4.80. The van der Waals surface area contributed by atoms with Gasteiger partial charge in [-0.25, -0.2) is 0 Å². The fourth-order valence-corrected chi connectivity index (χ4v) is 1.98. The number of morpholine rings is 1. The van der Waals surface area contributed by atoms with Crippen molar-refractivity contribution >= 4 is 11.8 Å². The SMILES string of the molecule is CC(C)CC(C)(O)CN1C(=O)COCC1=O. The van der Waals surface area contributed by atoms with E-state index in [9.17, 15) is 14.7 Å². The minimum absolute atomic E-state index is 0.0478. The van der Waals surface area contributed by atoms with E-state index in [0.29, 0.717) is 12.3 Å². The molecule has 0 aromatic heterocycles. The van der Waals surface area contributed by atoms with Crippen molar-refractivity contribution in [2.45, 2.75) is 32.8 Å². The van der Waals surface area contributed by atoms with Crippen molar-refractivity contribution in [3.63, 3.8) is 0 Å². The highest BCUT2D eigenvalue weighted by molar-refractivity contribution is 5.98. The maximum absolute atomic E-state index is 11.4. The predicted molar refractivity (Wildman–Crippen MR) is 57.6 cm³/mol. The van der Waals surface area contributed by atoms with Crippen LogP contribution >= 0.6 is 0 Å². The van der Waals surface area contributed by atoms with Crippen LogP contribution in [-0.4, -0.2) is 47.2 Å². The number of rotatable bonds is 4. The van der Waals surface area contributed by atoms with Crippen molar-refractivity contribution in [3.8, 4) is 0 Å². The fourth-order valence-electron chi connectivity index (χ4n) is 1.98. The minimum Gasteiger partial charge on any atom is -0.388 e. The van der Waals surface area contributed by atoms with Gasteiger partial charge < -0.3 is 9.84 Å². The summed E-state index contributed by atoms with van der Waals surface area (Å²) in [4.78, 5) is 24.0. The molecule has 0 aliphatic carbocycles. The van der Waals surface area contributed by atoms with Gasteiger partial charge in [-0.05, 0) is 19.3 Å². The number of imide groups is 1. The number of amides is 2. The zero-order chi connectivity index (χ0) is 12.3. The third kappa shape index (κ3) is 3.57.